The highest BCUT2D eigenvalue weighted by Crippen LogP contribution is 2.26. The standard InChI is InChI=1S/C19H19ClN2O2/c1-3-24-14-9-7-13(8-10-14)12-21-19(23)18-11-15-16(20)5-4-6-17(15)22(18)2/h4-11H,3,12H2,1-2H3,(H,21,23). The van der Waals surface area contributed by atoms with Gasteiger partial charge in [0, 0.05) is 29.5 Å². The van der Waals surface area contributed by atoms with E-state index in [-0.39, 0.29) is 5.91 Å². The summed E-state index contributed by atoms with van der Waals surface area (Å²) in [7, 11) is 1.87. The van der Waals surface area contributed by atoms with Gasteiger partial charge in [-0.15, -0.1) is 0 Å². The van der Waals surface area contributed by atoms with Crippen LogP contribution in [0, 0.1) is 0 Å². The molecule has 0 aliphatic rings. The number of nitrogens with zero attached hydrogens (tertiary/aromatic N) is 1. The van der Waals surface area contributed by atoms with Gasteiger partial charge in [0.25, 0.3) is 5.91 Å². The zero-order valence-corrected chi connectivity index (χ0v) is 14.4. The van der Waals surface area contributed by atoms with E-state index in [4.69, 9.17) is 16.3 Å². The Bertz CT molecular complexity index is 869. The summed E-state index contributed by atoms with van der Waals surface area (Å²) in [5, 5.41) is 4.47. The van der Waals surface area contributed by atoms with Crippen LogP contribution in [-0.2, 0) is 13.6 Å². The third-order valence-electron chi connectivity index (χ3n) is 3.95. The van der Waals surface area contributed by atoms with E-state index in [0.29, 0.717) is 23.9 Å². The summed E-state index contributed by atoms with van der Waals surface area (Å²) in [4.78, 5) is 12.5. The highest BCUT2D eigenvalue weighted by atomic mass is 35.5. The van der Waals surface area contributed by atoms with Gasteiger partial charge in [-0.05, 0) is 42.8 Å². The zero-order valence-electron chi connectivity index (χ0n) is 13.7. The maximum atomic E-state index is 12.5. The summed E-state index contributed by atoms with van der Waals surface area (Å²) in [6.45, 7) is 3.05. The molecule has 0 radical (unpaired) electrons. The minimum absolute atomic E-state index is 0.126. The van der Waals surface area contributed by atoms with Gasteiger partial charge in [0.2, 0.25) is 0 Å². The molecule has 24 heavy (non-hydrogen) atoms. The van der Waals surface area contributed by atoms with Crippen molar-refractivity contribution in [3.63, 3.8) is 0 Å². The van der Waals surface area contributed by atoms with Gasteiger partial charge in [-0.25, -0.2) is 0 Å². The van der Waals surface area contributed by atoms with E-state index in [1.165, 1.54) is 0 Å². The molecule has 124 valence electrons. The van der Waals surface area contributed by atoms with Crippen molar-refractivity contribution >= 4 is 28.4 Å². The van der Waals surface area contributed by atoms with Gasteiger partial charge < -0.3 is 14.6 Å². The maximum absolute atomic E-state index is 12.5. The Morgan fingerprint density at radius 1 is 1.21 bits per heavy atom. The molecule has 0 saturated heterocycles. The van der Waals surface area contributed by atoms with Crippen molar-refractivity contribution in [1.82, 2.24) is 9.88 Å². The van der Waals surface area contributed by atoms with Gasteiger partial charge in [0.1, 0.15) is 11.4 Å². The molecule has 0 saturated carbocycles. The zero-order chi connectivity index (χ0) is 17.1. The second-order valence-corrected chi connectivity index (χ2v) is 5.93. The maximum Gasteiger partial charge on any atom is 0.268 e. The monoisotopic (exact) mass is 342 g/mol. The Kier molecular flexibility index (Phi) is 4.76. The first-order chi connectivity index (χ1) is 11.6. The Morgan fingerprint density at radius 2 is 1.96 bits per heavy atom. The van der Waals surface area contributed by atoms with E-state index >= 15 is 0 Å². The number of carbonyl (C=O) groups excluding carboxylic acids is 1. The van der Waals surface area contributed by atoms with E-state index < -0.39 is 0 Å². The highest BCUT2D eigenvalue weighted by molar-refractivity contribution is 6.35. The van der Waals surface area contributed by atoms with Crippen LogP contribution in [0.5, 0.6) is 5.75 Å². The predicted octanol–water partition coefficient (Wildman–Crippen LogP) is 4.16. The van der Waals surface area contributed by atoms with E-state index in [2.05, 4.69) is 5.32 Å². The van der Waals surface area contributed by atoms with Crippen LogP contribution in [0.2, 0.25) is 5.02 Å². The van der Waals surface area contributed by atoms with Crippen LogP contribution >= 0.6 is 11.6 Å². The van der Waals surface area contributed by atoms with Crippen LogP contribution in [0.3, 0.4) is 0 Å². The Morgan fingerprint density at radius 3 is 2.62 bits per heavy atom. The topological polar surface area (TPSA) is 43.3 Å². The summed E-state index contributed by atoms with van der Waals surface area (Å²) in [5.74, 6) is 0.703. The fourth-order valence-electron chi connectivity index (χ4n) is 2.69. The average molecular weight is 343 g/mol. The molecule has 1 amide bonds. The van der Waals surface area contributed by atoms with Crippen molar-refractivity contribution in [3.8, 4) is 5.75 Å². The number of aromatic nitrogens is 1. The van der Waals surface area contributed by atoms with Gasteiger partial charge in [-0.1, -0.05) is 29.8 Å². The summed E-state index contributed by atoms with van der Waals surface area (Å²) in [6, 6.07) is 15.2. The van der Waals surface area contributed by atoms with Crippen molar-refractivity contribution in [3.05, 3.63) is 64.8 Å². The molecule has 3 aromatic rings. The van der Waals surface area contributed by atoms with Gasteiger partial charge in [-0.3, -0.25) is 4.79 Å². The smallest absolute Gasteiger partial charge is 0.268 e. The molecular formula is C19H19ClN2O2. The summed E-state index contributed by atoms with van der Waals surface area (Å²) in [6.07, 6.45) is 0. The Hall–Kier alpha value is -2.46. The fraction of sp³-hybridized carbons (Fsp3) is 0.211. The molecule has 1 aromatic heterocycles. The van der Waals surface area contributed by atoms with Crippen LogP contribution in [0.4, 0.5) is 0 Å². The first-order valence-electron chi connectivity index (χ1n) is 7.84. The van der Waals surface area contributed by atoms with E-state index in [1.54, 1.807) is 0 Å². The molecular weight excluding hydrogens is 324 g/mol. The van der Waals surface area contributed by atoms with Gasteiger partial charge in [0.15, 0.2) is 0 Å². The molecule has 1 heterocycles. The SMILES string of the molecule is CCOc1ccc(CNC(=O)c2cc3c(Cl)cccc3n2C)cc1. The lowest BCUT2D eigenvalue weighted by Crippen LogP contribution is -2.24. The predicted molar refractivity (Wildman–Crippen MR) is 96.7 cm³/mol. The average Bonchev–Trinajstić information content (AvgIpc) is 2.93. The lowest BCUT2D eigenvalue weighted by atomic mass is 10.2. The van der Waals surface area contributed by atoms with E-state index in [0.717, 1.165) is 22.2 Å². The molecule has 0 atom stereocenters. The minimum Gasteiger partial charge on any atom is -0.494 e. The fourth-order valence-corrected chi connectivity index (χ4v) is 2.91. The molecule has 1 N–H and O–H groups in total. The third kappa shape index (κ3) is 3.24. The molecule has 5 heteroatoms. The summed E-state index contributed by atoms with van der Waals surface area (Å²) in [5.41, 5.74) is 2.54. The largest absolute Gasteiger partial charge is 0.494 e. The van der Waals surface area contributed by atoms with Crippen LogP contribution in [0.15, 0.2) is 48.5 Å². The molecule has 2 aromatic carbocycles. The van der Waals surface area contributed by atoms with Crippen molar-refractivity contribution in [2.75, 3.05) is 6.61 Å². The van der Waals surface area contributed by atoms with Crippen molar-refractivity contribution in [1.29, 1.82) is 0 Å². The van der Waals surface area contributed by atoms with Gasteiger partial charge >= 0.3 is 0 Å². The van der Waals surface area contributed by atoms with E-state index in [9.17, 15) is 4.79 Å². The molecule has 0 spiro atoms. The van der Waals surface area contributed by atoms with Crippen molar-refractivity contribution in [2.24, 2.45) is 7.05 Å². The quantitative estimate of drug-likeness (QED) is 0.756. The second-order valence-electron chi connectivity index (χ2n) is 5.52. The highest BCUT2D eigenvalue weighted by Gasteiger charge is 2.14. The Labute approximate surface area is 146 Å². The number of benzene rings is 2. The van der Waals surface area contributed by atoms with Crippen LogP contribution in [0.25, 0.3) is 10.9 Å². The molecule has 0 aliphatic carbocycles. The minimum atomic E-state index is -0.126. The second kappa shape index (κ2) is 6.97. The van der Waals surface area contributed by atoms with Crippen molar-refractivity contribution in [2.45, 2.75) is 13.5 Å². The Balaban J connectivity index is 1.73. The number of nitrogens with one attached hydrogen (secondary N) is 1. The first kappa shape index (κ1) is 16.4. The molecule has 3 rings (SSSR count). The molecule has 0 bridgehead atoms. The number of amides is 1. The number of hydrogen-bond acceptors (Lipinski definition) is 2. The van der Waals surface area contributed by atoms with Crippen LogP contribution < -0.4 is 10.1 Å². The first-order valence-corrected chi connectivity index (χ1v) is 8.22. The van der Waals surface area contributed by atoms with Crippen LogP contribution in [0.1, 0.15) is 23.0 Å². The summed E-state index contributed by atoms with van der Waals surface area (Å²) < 4.78 is 7.27. The van der Waals surface area contributed by atoms with Crippen LogP contribution in [-0.4, -0.2) is 17.1 Å². The summed E-state index contributed by atoms with van der Waals surface area (Å²) >= 11 is 6.20. The normalized spacial score (nSPS) is 10.8. The molecule has 4 nitrogen and oxygen atoms in total. The number of carbonyl (C=O) groups is 1. The van der Waals surface area contributed by atoms with Crippen molar-refractivity contribution < 1.29 is 9.53 Å². The lowest BCUT2D eigenvalue weighted by Gasteiger charge is -2.08. The number of ether oxygens (including phenoxy) is 1. The number of hydrogen-bond donors (Lipinski definition) is 1. The van der Waals surface area contributed by atoms with Gasteiger partial charge in [0.05, 0.1) is 6.61 Å². The molecule has 0 unspecified atom stereocenters. The molecule has 0 aliphatic heterocycles. The van der Waals surface area contributed by atoms with E-state index in [1.807, 2.05) is 67.1 Å². The number of halogens is 1. The third-order valence-corrected chi connectivity index (χ3v) is 4.28. The lowest BCUT2D eigenvalue weighted by molar-refractivity contribution is 0.0943. The molecule has 0 fully saturated rings. The number of aryl methyl sites for hydroxylation is 1. The number of fused-ring (bicyclic) bond motifs is 1. The number of rotatable bonds is 5. The van der Waals surface area contributed by atoms with Gasteiger partial charge in [-0.2, -0.15) is 0 Å².